The zero-order valence-electron chi connectivity index (χ0n) is 34.1. The number of ether oxygens (including phenoxy) is 1. The van der Waals surface area contributed by atoms with E-state index in [4.69, 9.17) is 4.74 Å². The summed E-state index contributed by atoms with van der Waals surface area (Å²) in [5.41, 5.74) is 8.13. The lowest BCUT2D eigenvalue weighted by molar-refractivity contribution is -0.136. The summed E-state index contributed by atoms with van der Waals surface area (Å²) >= 11 is 0. The number of nitrogens with one attached hydrogen (secondary N) is 1. The molecular formula is C47H59N5O3. The van der Waals surface area contributed by atoms with Crippen molar-refractivity contribution in [2.75, 3.05) is 57.4 Å². The number of hydrogen-bond acceptors (Lipinski definition) is 6. The van der Waals surface area contributed by atoms with Gasteiger partial charge in [0.2, 0.25) is 5.91 Å². The first-order chi connectivity index (χ1) is 26.2. The van der Waals surface area contributed by atoms with Crippen LogP contribution in [0.1, 0.15) is 112 Å². The Labute approximate surface area is 327 Å². The lowest BCUT2D eigenvalue weighted by Crippen LogP contribution is -2.54. The molecule has 3 aliphatic rings. The number of anilines is 1. The Morgan fingerprint density at radius 3 is 2.29 bits per heavy atom. The van der Waals surface area contributed by atoms with Gasteiger partial charge in [0.05, 0.1) is 30.4 Å². The molecule has 1 amide bonds. The van der Waals surface area contributed by atoms with E-state index in [2.05, 4.69) is 117 Å². The molecule has 2 saturated heterocycles. The number of carbonyl (C=O) groups is 2. The second kappa shape index (κ2) is 15.2. The van der Waals surface area contributed by atoms with Gasteiger partial charge in [0.15, 0.2) is 5.78 Å². The van der Waals surface area contributed by atoms with Crippen LogP contribution >= 0.6 is 0 Å². The SMILES string of the molecule is CCc1cc2c(cc1N1CCC(N3CCN(C(=O)CC(C)(C)COCC(C)(C)Cc4ccccc4)CC3)CC1)C(C)(C)c1[nH]c3cc(C#N)ccc3c1C2=O. The Morgan fingerprint density at radius 1 is 0.927 bits per heavy atom. The number of piperidine rings is 1. The van der Waals surface area contributed by atoms with Gasteiger partial charge in [-0.3, -0.25) is 14.5 Å². The van der Waals surface area contributed by atoms with Crippen molar-refractivity contribution in [1.82, 2.24) is 14.8 Å². The molecule has 1 aromatic heterocycles. The van der Waals surface area contributed by atoms with Gasteiger partial charge in [-0.1, -0.05) is 84.9 Å². The number of carbonyl (C=O) groups excluding carboxylic acids is 2. The summed E-state index contributed by atoms with van der Waals surface area (Å²) in [5.74, 6) is 0.298. The number of aromatic amines is 1. The number of ketones is 1. The van der Waals surface area contributed by atoms with Crippen molar-refractivity contribution < 1.29 is 14.3 Å². The normalized spacial score (nSPS) is 18.0. The monoisotopic (exact) mass is 741 g/mol. The molecule has 1 aliphatic carbocycles. The van der Waals surface area contributed by atoms with Crippen molar-refractivity contribution in [3.8, 4) is 6.07 Å². The third kappa shape index (κ3) is 7.97. The standard InChI is InChI=1S/C47H59N5O3/c1-8-34-25-37-38(47(6,7)44-42(43(37)54)36-15-14-33(29-48)24-39(36)49-44)26-40(34)51-18-16-35(17-19-51)50-20-22-52(23-21-50)41(53)28-46(4,5)31-55-30-45(2,3)27-32-12-10-9-11-13-32/h9-15,24-26,35,49H,8,16-23,27-28,30-31H2,1-7H3. The first kappa shape index (κ1) is 38.8. The highest BCUT2D eigenvalue weighted by molar-refractivity contribution is 6.20. The number of aromatic nitrogens is 1. The molecule has 3 aromatic carbocycles. The van der Waals surface area contributed by atoms with E-state index in [9.17, 15) is 14.9 Å². The van der Waals surface area contributed by atoms with Gasteiger partial charge in [0, 0.05) is 85.0 Å². The fourth-order valence-corrected chi connectivity index (χ4v) is 9.34. The molecule has 8 heteroatoms. The van der Waals surface area contributed by atoms with E-state index in [1.54, 1.807) is 6.07 Å². The molecule has 3 heterocycles. The van der Waals surface area contributed by atoms with E-state index in [-0.39, 0.29) is 22.5 Å². The van der Waals surface area contributed by atoms with Gasteiger partial charge in [0.25, 0.3) is 0 Å². The molecule has 0 radical (unpaired) electrons. The summed E-state index contributed by atoms with van der Waals surface area (Å²) in [7, 11) is 0. The van der Waals surface area contributed by atoms with Crippen LogP contribution in [0.2, 0.25) is 0 Å². The molecule has 8 nitrogen and oxygen atoms in total. The van der Waals surface area contributed by atoms with Crippen molar-refractivity contribution in [1.29, 1.82) is 5.26 Å². The molecule has 0 atom stereocenters. The molecule has 0 bridgehead atoms. The minimum Gasteiger partial charge on any atom is -0.380 e. The van der Waals surface area contributed by atoms with Crippen molar-refractivity contribution in [3.63, 3.8) is 0 Å². The Bertz CT molecular complexity index is 2090. The first-order valence-corrected chi connectivity index (χ1v) is 20.4. The van der Waals surface area contributed by atoms with E-state index in [0.29, 0.717) is 31.2 Å². The lowest BCUT2D eigenvalue weighted by atomic mass is 9.70. The van der Waals surface area contributed by atoms with Crippen LogP contribution in [-0.4, -0.2) is 85.0 Å². The van der Waals surface area contributed by atoms with E-state index < -0.39 is 5.41 Å². The maximum atomic E-state index is 14.1. The molecule has 0 unspecified atom stereocenters. The fourth-order valence-electron chi connectivity index (χ4n) is 9.34. The third-order valence-corrected chi connectivity index (χ3v) is 12.4. The Morgan fingerprint density at radius 2 is 1.62 bits per heavy atom. The van der Waals surface area contributed by atoms with Crippen molar-refractivity contribution in [2.24, 2.45) is 10.8 Å². The predicted octanol–water partition coefficient (Wildman–Crippen LogP) is 8.29. The second-order valence-electron chi connectivity index (χ2n) is 18.4. The van der Waals surface area contributed by atoms with Crippen LogP contribution in [0.3, 0.4) is 0 Å². The number of rotatable bonds is 11. The van der Waals surface area contributed by atoms with Gasteiger partial charge >= 0.3 is 0 Å². The minimum atomic E-state index is -0.400. The fraction of sp³-hybridized carbons (Fsp3) is 0.511. The average molecular weight is 742 g/mol. The summed E-state index contributed by atoms with van der Waals surface area (Å²) in [5, 5.41) is 10.4. The highest BCUT2D eigenvalue weighted by atomic mass is 16.5. The smallest absolute Gasteiger partial charge is 0.223 e. The van der Waals surface area contributed by atoms with E-state index in [1.165, 1.54) is 16.8 Å². The number of H-pyrrole nitrogens is 1. The largest absolute Gasteiger partial charge is 0.380 e. The van der Waals surface area contributed by atoms with Gasteiger partial charge in [-0.25, -0.2) is 0 Å². The average Bonchev–Trinajstić information content (AvgIpc) is 3.57. The minimum absolute atomic E-state index is 0.0265. The summed E-state index contributed by atoms with van der Waals surface area (Å²) in [6, 6.07) is 23.3. The summed E-state index contributed by atoms with van der Waals surface area (Å²) in [6.45, 7) is 21.9. The number of aryl methyl sites for hydroxylation is 1. The van der Waals surface area contributed by atoms with Gasteiger partial charge in [-0.05, 0) is 77.5 Å². The highest BCUT2D eigenvalue weighted by Crippen LogP contribution is 2.46. The number of hydrogen-bond donors (Lipinski definition) is 1. The first-order valence-electron chi connectivity index (χ1n) is 20.4. The Hall–Kier alpha value is -4.45. The lowest BCUT2D eigenvalue weighted by Gasteiger charge is -2.44. The van der Waals surface area contributed by atoms with Crippen LogP contribution in [-0.2, 0) is 27.8 Å². The van der Waals surface area contributed by atoms with Crippen LogP contribution < -0.4 is 4.90 Å². The van der Waals surface area contributed by atoms with E-state index in [0.717, 1.165) is 98.2 Å². The molecule has 7 rings (SSSR count). The third-order valence-electron chi connectivity index (χ3n) is 12.4. The van der Waals surface area contributed by atoms with Crippen LogP contribution in [0.4, 0.5) is 5.69 Å². The van der Waals surface area contributed by atoms with E-state index >= 15 is 0 Å². The van der Waals surface area contributed by atoms with E-state index in [1.807, 2.05) is 12.1 Å². The number of piperazine rings is 1. The van der Waals surface area contributed by atoms with Crippen LogP contribution in [0, 0.1) is 22.2 Å². The van der Waals surface area contributed by atoms with Crippen LogP contribution in [0.5, 0.6) is 0 Å². The quantitative estimate of drug-likeness (QED) is 0.166. The van der Waals surface area contributed by atoms with Gasteiger partial charge in [0.1, 0.15) is 0 Å². The number of fused-ring (bicyclic) bond motifs is 4. The van der Waals surface area contributed by atoms with Crippen LogP contribution in [0.15, 0.2) is 60.7 Å². The van der Waals surface area contributed by atoms with Gasteiger partial charge < -0.3 is 19.5 Å². The topological polar surface area (TPSA) is 92.7 Å². The van der Waals surface area contributed by atoms with Crippen molar-refractivity contribution in [2.45, 2.75) is 92.0 Å². The molecular weight excluding hydrogens is 683 g/mol. The summed E-state index contributed by atoms with van der Waals surface area (Å²) in [4.78, 5) is 38.3. The number of nitrogens with zero attached hydrogens (tertiary/aromatic N) is 4. The highest BCUT2D eigenvalue weighted by Gasteiger charge is 2.41. The maximum Gasteiger partial charge on any atom is 0.223 e. The molecule has 2 fully saturated rings. The molecule has 4 aromatic rings. The molecule has 55 heavy (non-hydrogen) atoms. The Kier molecular flexibility index (Phi) is 10.8. The Balaban J connectivity index is 0.929. The molecule has 0 spiro atoms. The predicted molar refractivity (Wildman–Crippen MR) is 221 cm³/mol. The number of benzene rings is 3. The second-order valence-corrected chi connectivity index (χ2v) is 18.4. The summed E-state index contributed by atoms with van der Waals surface area (Å²) in [6.07, 6.45) is 4.47. The van der Waals surface area contributed by atoms with Crippen molar-refractivity contribution >= 4 is 28.3 Å². The van der Waals surface area contributed by atoms with Crippen molar-refractivity contribution in [3.05, 3.63) is 99.7 Å². The summed E-state index contributed by atoms with van der Waals surface area (Å²) < 4.78 is 6.24. The zero-order chi connectivity index (χ0) is 39.1. The van der Waals surface area contributed by atoms with Gasteiger partial charge in [-0.2, -0.15) is 5.26 Å². The molecule has 2 aliphatic heterocycles. The number of amides is 1. The maximum absolute atomic E-state index is 14.1. The number of nitriles is 1. The van der Waals surface area contributed by atoms with Gasteiger partial charge in [-0.15, -0.1) is 0 Å². The van der Waals surface area contributed by atoms with Crippen LogP contribution in [0.25, 0.3) is 10.9 Å². The molecule has 290 valence electrons. The zero-order valence-corrected chi connectivity index (χ0v) is 34.1. The molecule has 0 saturated carbocycles. The molecule has 1 N–H and O–H groups in total.